The van der Waals surface area contributed by atoms with E-state index in [1.807, 2.05) is 43.3 Å². The van der Waals surface area contributed by atoms with Gasteiger partial charge in [-0.1, -0.05) is 30.3 Å². The maximum Gasteiger partial charge on any atom is 0.0991 e. The van der Waals surface area contributed by atoms with Crippen molar-refractivity contribution in [3.8, 4) is 6.07 Å². The molecule has 0 unspecified atom stereocenters. The summed E-state index contributed by atoms with van der Waals surface area (Å²) in [6.45, 7) is 3.23. The van der Waals surface area contributed by atoms with Gasteiger partial charge in [-0.05, 0) is 42.8 Å². The number of hydrogen-bond acceptors (Lipinski definition) is 3. The molecule has 21 heavy (non-hydrogen) atoms. The predicted molar refractivity (Wildman–Crippen MR) is 85.7 cm³/mol. The zero-order valence-corrected chi connectivity index (χ0v) is 12.0. The molecule has 0 aliphatic carbocycles. The summed E-state index contributed by atoms with van der Waals surface area (Å²) in [6, 6.07) is 19.6. The fourth-order valence-electron chi connectivity index (χ4n) is 1.90. The molecule has 2 aromatic carbocycles. The average molecular weight is 278 g/mol. The van der Waals surface area contributed by atoms with Gasteiger partial charge in [-0.15, -0.1) is 0 Å². The van der Waals surface area contributed by atoms with E-state index < -0.39 is 0 Å². The summed E-state index contributed by atoms with van der Waals surface area (Å²) in [6.07, 6.45) is 2.02. The molecule has 0 saturated heterocycles. The number of hydrogen-bond donors (Lipinski definition) is 1. The van der Waals surface area contributed by atoms with Gasteiger partial charge in [0.1, 0.15) is 0 Å². The number of rotatable bonds is 6. The van der Waals surface area contributed by atoms with Crippen LogP contribution in [0.5, 0.6) is 0 Å². The van der Waals surface area contributed by atoms with Crippen LogP contribution in [-0.4, -0.2) is 13.2 Å². The van der Waals surface area contributed by atoms with Gasteiger partial charge in [0.2, 0.25) is 0 Å². The van der Waals surface area contributed by atoms with Crippen LogP contribution in [0.4, 0.5) is 5.69 Å². The summed E-state index contributed by atoms with van der Waals surface area (Å²) in [5.74, 6) is 0. The van der Waals surface area contributed by atoms with Gasteiger partial charge in [0.05, 0.1) is 18.2 Å². The Balaban J connectivity index is 2.19. The molecule has 0 spiro atoms. The zero-order valence-electron chi connectivity index (χ0n) is 12.0. The zero-order chi connectivity index (χ0) is 14.9. The molecular weight excluding hydrogens is 260 g/mol. The van der Waals surface area contributed by atoms with Crippen molar-refractivity contribution in [3.63, 3.8) is 0 Å². The molecule has 0 radical (unpaired) electrons. The maximum absolute atomic E-state index is 8.83. The minimum Gasteiger partial charge on any atom is -0.378 e. The van der Waals surface area contributed by atoms with Gasteiger partial charge in [0, 0.05) is 18.0 Å². The molecule has 2 aromatic rings. The highest BCUT2D eigenvalue weighted by Gasteiger charge is 2.02. The predicted octanol–water partition coefficient (Wildman–Crippen LogP) is 4.05. The molecule has 0 saturated carbocycles. The van der Waals surface area contributed by atoms with Crippen LogP contribution in [0.1, 0.15) is 18.1 Å². The van der Waals surface area contributed by atoms with E-state index in [2.05, 4.69) is 23.5 Å². The maximum atomic E-state index is 8.83. The first-order valence-corrected chi connectivity index (χ1v) is 6.94. The molecule has 1 N–H and O–H groups in total. The van der Waals surface area contributed by atoms with Gasteiger partial charge in [0.25, 0.3) is 0 Å². The van der Waals surface area contributed by atoms with Crippen molar-refractivity contribution in [2.24, 2.45) is 0 Å². The Hall–Kier alpha value is -2.57. The van der Waals surface area contributed by atoms with E-state index >= 15 is 0 Å². The van der Waals surface area contributed by atoms with Crippen molar-refractivity contribution in [2.45, 2.75) is 6.92 Å². The van der Waals surface area contributed by atoms with Crippen LogP contribution in [0, 0.1) is 11.3 Å². The summed E-state index contributed by atoms with van der Waals surface area (Å²) < 4.78 is 5.40. The second-order valence-corrected chi connectivity index (χ2v) is 4.46. The van der Waals surface area contributed by atoms with E-state index in [4.69, 9.17) is 10.00 Å². The smallest absolute Gasteiger partial charge is 0.0991 e. The fraction of sp³-hybridized carbons (Fsp3) is 0.167. The summed E-state index contributed by atoms with van der Waals surface area (Å²) in [5.41, 5.74) is 3.69. The van der Waals surface area contributed by atoms with Crippen molar-refractivity contribution in [1.29, 1.82) is 5.26 Å². The Bertz CT molecular complexity index is 625. The third-order valence-corrected chi connectivity index (χ3v) is 2.99. The van der Waals surface area contributed by atoms with Gasteiger partial charge in [0.15, 0.2) is 0 Å². The largest absolute Gasteiger partial charge is 0.378 e. The van der Waals surface area contributed by atoms with E-state index in [0.717, 1.165) is 16.9 Å². The van der Waals surface area contributed by atoms with Gasteiger partial charge >= 0.3 is 0 Å². The molecule has 0 aliphatic heterocycles. The van der Waals surface area contributed by atoms with Crippen molar-refractivity contribution < 1.29 is 4.74 Å². The van der Waals surface area contributed by atoms with E-state index in [0.29, 0.717) is 18.8 Å². The third-order valence-electron chi connectivity index (χ3n) is 2.99. The number of anilines is 1. The summed E-state index contributed by atoms with van der Waals surface area (Å²) >= 11 is 0. The van der Waals surface area contributed by atoms with Crippen LogP contribution < -0.4 is 5.32 Å². The lowest BCUT2D eigenvalue weighted by Gasteiger charge is -2.12. The summed E-state index contributed by atoms with van der Waals surface area (Å²) in [7, 11) is 0. The SMILES string of the molecule is CCOC/C=C(/Nc1ccc(C#N)cc1)c1ccccc1. The van der Waals surface area contributed by atoms with Crippen LogP contribution in [0.25, 0.3) is 5.70 Å². The number of nitrogens with zero attached hydrogens (tertiary/aromatic N) is 1. The van der Waals surface area contributed by atoms with Crippen LogP contribution in [0.2, 0.25) is 0 Å². The molecule has 2 rings (SSSR count). The molecule has 0 bridgehead atoms. The van der Waals surface area contributed by atoms with Crippen molar-refractivity contribution in [1.82, 2.24) is 0 Å². The third kappa shape index (κ3) is 4.48. The van der Waals surface area contributed by atoms with Gasteiger partial charge < -0.3 is 10.1 Å². The van der Waals surface area contributed by atoms with Gasteiger partial charge in [-0.3, -0.25) is 0 Å². The molecule has 0 amide bonds. The van der Waals surface area contributed by atoms with Crippen molar-refractivity contribution in [3.05, 3.63) is 71.8 Å². The molecule has 3 nitrogen and oxygen atoms in total. The Morgan fingerprint density at radius 2 is 1.86 bits per heavy atom. The second kappa shape index (κ2) is 7.88. The number of nitriles is 1. The van der Waals surface area contributed by atoms with Crippen molar-refractivity contribution in [2.75, 3.05) is 18.5 Å². The number of ether oxygens (including phenoxy) is 1. The lowest BCUT2D eigenvalue weighted by Crippen LogP contribution is -2.01. The second-order valence-electron chi connectivity index (χ2n) is 4.46. The monoisotopic (exact) mass is 278 g/mol. The van der Waals surface area contributed by atoms with Crippen LogP contribution in [0.3, 0.4) is 0 Å². The van der Waals surface area contributed by atoms with E-state index in [-0.39, 0.29) is 0 Å². The van der Waals surface area contributed by atoms with Crippen LogP contribution in [0.15, 0.2) is 60.7 Å². The number of benzene rings is 2. The van der Waals surface area contributed by atoms with E-state index in [1.54, 1.807) is 12.1 Å². The molecule has 0 aromatic heterocycles. The Morgan fingerprint density at radius 3 is 2.48 bits per heavy atom. The molecule has 0 fully saturated rings. The standard InChI is InChI=1S/C18H18N2O/c1-2-21-13-12-18(16-6-4-3-5-7-16)20-17-10-8-15(14-19)9-11-17/h3-12,20H,2,13H2,1H3/b18-12+. The first kappa shape index (κ1) is 14.8. The molecule has 0 heterocycles. The fourth-order valence-corrected chi connectivity index (χ4v) is 1.90. The molecule has 0 aliphatic rings. The Labute approximate surface area is 125 Å². The molecule has 106 valence electrons. The number of nitrogens with one attached hydrogen (secondary N) is 1. The Kier molecular flexibility index (Phi) is 5.57. The minimum absolute atomic E-state index is 0.560. The van der Waals surface area contributed by atoms with Gasteiger partial charge in [-0.2, -0.15) is 5.26 Å². The topological polar surface area (TPSA) is 45.0 Å². The van der Waals surface area contributed by atoms with Gasteiger partial charge in [-0.25, -0.2) is 0 Å². The molecule has 0 atom stereocenters. The van der Waals surface area contributed by atoms with Crippen LogP contribution >= 0.6 is 0 Å². The average Bonchev–Trinajstić information content (AvgIpc) is 2.55. The highest BCUT2D eigenvalue weighted by molar-refractivity contribution is 5.76. The lowest BCUT2D eigenvalue weighted by molar-refractivity contribution is 0.178. The van der Waals surface area contributed by atoms with E-state index in [1.165, 1.54) is 0 Å². The highest BCUT2D eigenvalue weighted by Crippen LogP contribution is 2.19. The highest BCUT2D eigenvalue weighted by atomic mass is 16.5. The summed E-state index contributed by atoms with van der Waals surface area (Å²) in [5, 5.41) is 12.2. The normalized spacial score (nSPS) is 11.0. The van der Waals surface area contributed by atoms with E-state index in [9.17, 15) is 0 Å². The Morgan fingerprint density at radius 1 is 1.14 bits per heavy atom. The molecule has 3 heteroatoms. The lowest BCUT2D eigenvalue weighted by atomic mass is 10.1. The first-order chi connectivity index (χ1) is 10.3. The first-order valence-electron chi connectivity index (χ1n) is 6.94. The summed E-state index contributed by atoms with van der Waals surface area (Å²) in [4.78, 5) is 0. The minimum atomic E-state index is 0.560. The molecular formula is C18H18N2O. The van der Waals surface area contributed by atoms with Crippen molar-refractivity contribution >= 4 is 11.4 Å². The quantitative estimate of drug-likeness (QED) is 0.811. The van der Waals surface area contributed by atoms with Crippen LogP contribution in [-0.2, 0) is 4.74 Å².